The molecule has 0 amide bonds. The maximum Gasteiger partial charge on any atom is 0.336 e. The van der Waals surface area contributed by atoms with Crippen molar-refractivity contribution in [2.45, 2.75) is 33.3 Å². The number of hydrogen-bond donors (Lipinski definition) is 1. The number of ketones is 1. The van der Waals surface area contributed by atoms with Gasteiger partial charge in [0.2, 0.25) is 0 Å². The maximum absolute atomic E-state index is 14.2. The van der Waals surface area contributed by atoms with E-state index < -0.39 is 11.9 Å². The van der Waals surface area contributed by atoms with Gasteiger partial charge in [-0.25, -0.2) is 9.18 Å². The number of carbonyl (C=O) groups is 2. The summed E-state index contributed by atoms with van der Waals surface area (Å²) in [4.78, 5) is 27.0. The van der Waals surface area contributed by atoms with Gasteiger partial charge in [-0.15, -0.1) is 0 Å². The second kappa shape index (κ2) is 11.1. The van der Waals surface area contributed by atoms with Crippen molar-refractivity contribution in [2.75, 3.05) is 13.2 Å². The minimum atomic E-state index is -0.712. The van der Waals surface area contributed by atoms with E-state index in [0.717, 1.165) is 5.56 Å². The Kier molecular flexibility index (Phi) is 7.57. The third kappa shape index (κ3) is 4.85. The van der Waals surface area contributed by atoms with Gasteiger partial charge >= 0.3 is 5.97 Å². The molecule has 0 bridgehead atoms. The van der Waals surface area contributed by atoms with Crippen molar-refractivity contribution in [3.63, 3.8) is 0 Å². The van der Waals surface area contributed by atoms with E-state index in [4.69, 9.17) is 14.2 Å². The molecule has 39 heavy (non-hydrogen) atoms. The zero-order chi connectivity index (χ0) is 27.7. The van der Waals surface area contributed by atoms with Crippen molar-refractivity contribution in [2.24, 2.45) is 0 Å². The molecule has 1 atom stereocenters. The lowest BCUT2D eigenvalue weighted by Gasteiger charge is -2.30. The summed E-state index contributed by atoms with van der Waals surface area (Å²) in [7, 11) is 0. The first-order valence-corrected chi connectivity index (χ1v) is 13.5. The second-order valence-electron chi connectivity index (χ2n) is 9.12. The van der Waals surface area contributed by atoms with E-state index in [1.165, 1.54) is 6.07 Å². The fourth-order valence-electron chi connectivity index (χ4n) is 5.06. The summed E-state index contributed by atoms with van der Waals surface area (Å²) < 4.78 is 32.1. The molecule has 2 aliphatic rings. The number of allylic oxidation sites excluding steroid dienone is 2. The molecule has 0 spiro atoms. The number of fused-ring (bicyclic) bond motifs is 2. The normalized spacial score (nSPS) is 16.0. The topological polar surface area (TPSA) is 73.9 Å². The Hall–Kier alpha value is -3.91. The van der Waals surface area contributed by atoms with Gasteiger partial charge in [0.15, 0.2) is 17.3 Å². The lowest BCUT2D eigenvalue weighted by molar-refractivity contribution is -0.138. The van der Waals surface area contributed by atoms with Crippen LogP contribution in [0, 0.1) is 5.82 Å². The molecule has 1 heterocycles. The van der Waals surface area contributed by atoms with E-state index in [1.54, 1.807) is 44.2 Å². The van der Waals surface area contributed by atoms with Crippen molar-refractivity contribution in [1.29, 1.82) is 0 Å². The van der Waals surface area contributed by atoms with Gasteiger partial charge in [-0.05, 0) is 60.5 Å². The summed E-state index contributed by atoms with van der Waals surface area (Å²) >= 11 is 3.60. The highest BCUT2D eigenvalue weighted by atomic mass is 79.9. The highest BCUT2D eigenvalue weighted by Gasteiger charge is 2.43. The fourth-order valence-corrected chi connectivity index (χ4v) is 5.64. The second-order valence-corrected chi connectivity index (χ2v) is 9.98. The van der Waals surface area contributed by atoms with E-state index >= 15 is 0 Å². The van der Waals surface area contributed by atoms with Crippen molar-refractivity contribution < 1.29 is 28.2 Å². The van der Waals surface area contributed by atoms with Crippen molar-refractivity contribution in [1.82, 2.24) is 5.32 Å². The Labute approximate surface area is 234 Å². The highest BCUT2D eigenvalue weighted by Crippen LogP contribution is 2.49. The number of halogens is 2. The minimum Gasteiger partial charge on any atom is -0.490 e. The molecule has 0 aromatic heterocycles. The van der Waals surface area contributed by atoms with Crippen LogP contribution in [0.3, 0.4) is 0 Å². The molecule has 1 aliphatic carbocycles. The van der Waals surface area contributed by atoms with E-state index in [9.17, 15) is 14.0 Å². The Bertz CT molecular complexity index is 1540. The average Bonchev–Trinajstić information content (AvgIpc) is 3.20. The SMILES string of the molecule is CCOC(=O)C1=C(C)NC2=C(C(=O)c3ccccc32)[C@H]1c1cc(Br)c(OCc2ccccc2F)c(OCC)c1. The molecule has 1 N–H and O–H groups in total. The zero-order valence-corrected chi connectivity index (χ0v) is 23.4. The fraction of sp³-hybridized carbons (Fsp3) is 0.226. The van der Waals surface area contributed by atoms with Crippen molar-refractivity contribution in [3.05, 3.63) is 110 Å². The van der Waals surface area contributed by atoms with Crippen LogP contribution >= 0.6 is 15.9 Å². The van der Waals surface area contributed by atoms with Crippen molar-refractivity contribution in [3.8, 4) is 11.5 Å². The molecule has 0 saturated carbocycles. The monoisotopic (exact) mass is 591 g/mol. The molecule has 3 aromatic rings. The van der Waals surface area contributed by atoms with Gasteiger partial charge in [0.05, 0.1) is 29.0 Å². The molecule has 0 radical (unpaired) electrons. The number of carbonyl (C=O) groups excluding carboxylic acids is 2. The molecule has 1 aliphatic heterocycles. The van der Waals surface area contributed by atoms with Gasteiger partial charge in [0.25, 0.3) is 0 Å². The molecule has 8 heteroatoms. The van der Waals surface area contributed by atoms with Crippen LogP contribution in [-0.4, -0.2) is 25.0 Å². The number of esters is 1. The predicted octanol–water partition coefficient (Wildman–Crippen LogP) is 6.70. The molecule has 6 nitrogen and oxygen atoms in total. The maximum atomic E-state index is 14.2. The van der Waals surface area contributed by atoms with Crippen LogP contribution in [0.4, 0.5) is 4.39 Å². The summed E-state index contributed by atoms with van der Waals surface area (Å²) in [5, 5.41) is 3.30. The number of dihydropyridines is 1. The smallest absolute Gasteiger partial charge is 0.336 e. The Morgan fingerprint density at radius 1 is 1.00 bits per heavy atom. The molecule has 200 valence electrons. The summed E-state index contributed by atoms with van der Waals surface area (Å²) in [5.74, 6) is -0.931. The molecule has 5 rings (SSSR count). The molecule has 0 unspecified atom stereocenters. The van der Waals surface area contributed by atoms with Gasteiger partial charge < -0.3 is 19.5 Å². The van der Waals surface area contributed by atoms with Gasteiger partial charge in [0, 0.05) is 33.9 Å². The lowest BCUT2D eigenvalue weighted by Crippen LogP contribution is -2.29. The highest BCUT2D eigenvalue weighted by molar-refractivity contribution is 9.10. The predicted molar refractivity (Wildman–Crippen MR) is 149 cm³/mol. The number of benzene rings is 3. The number of hydrogen-bond acceptors (Lipinski definition) is 6. The molecule has 3 aromatic carbocycles. The van der Waals surface area contributed by atoms with Crippen LogP contribution in [0.1, 0.15) is 53.7 Å². The van der Waals surface area contributed by atoms with E-state index in [0.29, 0.717) is 61.8 Å². The van der Waals surface area contributed by atoms with Crippen LogP contribution in [0.25, 0.3) is 5.70 Å². The van der Waals surface area contributed by atoms with E-state index in [-0.39, 0.29) is 24.8 Å². The summed E-state index contributed by atoms with van der Waals surface area (Å²) in [6.45, 7) is 5.92. The minimum absolute atomic E-state index is 0.00573. The Morgan fingerprint density at radius 3 is 2.44 bits per heavy atom. The van der Waals surface area contributed by atoms with Crippen LogP contribution in [-0.2, 0) is 16.1 Å². The Balaban J connectivity index is 1.63. The third-order valence-electron chi connectivity index (χ3n) is 6.74. The number of Topliss-reactive ketones (excluding diaryl/α,β-unsaturated/α-hetero) is 1. The van der Waals surface area contributed by atoms with Crippen LogP contribution in [0.5, 0.6) is 11.5 Å². The van der Waals surface area contributed by atoms with Gasteiger partial charge in [-0.2, -0.15) is 0 Å². The number of nitrogens with one attached hydrogen (secondary N) is 1. The van der Waals surface area contributed by atoms with Gasteiger partial charge in [-0.1, -0.05) is 42.5 Å². The van der Waals surface area contributed by atoms with Crippen molar-refractivity contribution >= 4 is 33.4 Å². The largest absolute Gasteiger partial charge is 0.490 e. The summed E-state index contributed by atoms with van der Waals surface area (Å²) in [6.07, 6.45) is 0. The first-order valence-electron chi connectivity index (χ1n) is 12.7. The zero-order valence-electron chi connectivity index (χ0n) is 21.8. The van der Waals surface area contributed by atoms with Crippen LogP contribution in [0.2, 0.25) is 0 Å². The average molecular weight is 592 g/mol. The molecular formula is C31H27BrFNO5. The quantitative estimate of drug-likeness (QED) is 0.294. The van der Waals surface area contributed by atoms with Crippen LogP contribution in [0.15, 0.2) is 82.0 Å². The molecular weight excluding hydrogens is 565 g/mol. The lowest BCUT2D eigenvalue weighted by atomic mass is 9.79. The number of rotatable bonds is 8. The molecule has 0 fully saturated rings. The van der Waals surface area contributed by atoms with E-state index in [2.05, 4.69) is 21.2 Å². The first-order chi connectivity index (χ1) is 18.8. The summed E-state index contributed by atoms with van der Waals surface area (Å²) in [6, 6.07) is 17.4. The Morgan fingerprint density at radius 2 is 1.72 bits per heavy atom. The standard InChI is InChI=1S/C31H27BrFNO5/c1-4-37-24-15-19(14-22(32)30(24)39-16-18-10-6-9-13-23(18)33)26-25(31(36)38-5-2)17(3)34-28-20-11-7-8-12-21(20)29(35)27(26)28/h6-15,26,34H,4-5,16H2,1-3H3/t26-/m0/s1. The third-order valence-corrected chi connectivity index (χ3v) is 7.33. The van der Waals surface area contributed by atoms with Gasteiger partial charge in [0.1, 0.15) is 12.4 Å². The number of ether oxygens (including phenoxy) is 3. The molecule has 0 saturated heterocycles. The van der Waals surface area contributed by atoms with Crippen LogP contribution < -0.4 is 14.8 Å². The first kappa shape index (κ1) is 26.7. The summed E-state index contributed by atoms with van der Waals surface area (Å²) in [5.41, 5.74) is 4.54. The van der Waals surface area contributed by atoms with Gasteiger partial charge in [-0.3, -0.25) is 4.79 Å². The van der Waals surface area contributed by atoms with E-state index in [1.807, 2.05) is 31.2 Å².